The summed E-state index contributed by atoms with van der Waals surface area (Å²) in [6, 6.07) is 5.16. The number of amides is 4. The fraction of sp³-hybridized carbons (Fsp3) is 0.222. The van der Waals surface area contributed by atoms with Gasteiger partial charge in [-0.15, -0.1) is 5.12 Å². The van der Waals surface area contributed by atoms with Gasteiger partial charge in [-0.05, 0) is 36.2 Å². The van der Waals surface area contributed by atoms with E-state index in [-0.39, 0.29) is 25.1 Å². The molecule has 1 fully saturated rings. The van der Waals surface area contributed by atoms with E-state index < -0.39 is 34.8 Å². The minimum atomic E-state index is -1.03. The average molecular weight is 383 g/mol. The van der Waals surface area contributed by atoms with Gasteiger partial charge in [-0.1, -0.05) is 4.48 Å². The zero-order chi connectivity index (χ0) is 19.8. The standard InChI is InChI=1S/C18H14FN5O4/c19-24-15(25)4-3-14(18(24)28)23-8-10-7-11(1-2-12(10)17(23)27)22-16(26)13-5-6-20-9-21-13/h1-2,5-7,9,14H,3-4,8H2,(H,22,26)/t14-/m0/s1. The van der Waals surface area contributed by atoms with Crippen LogP contribution >= 0.6 is 0 Å². The van der Waals surface area contributed by atoms with Gasteiger partial charge in [0.15, 0.2) is 0 Å². The van der Waals surface area contributed by atoms with Crippen LogP contribution in [0.25, 0.3) is 0 Å². The molecule has 2 aliphatic heterocycles. The van der Waals surface area contributed by atoms with E-state index in [2.05, 4.69) is 15.3 Å². The Hall–Kier alpha value is -3.69. The van der Waals surface area contributed by atoms with Crippen molar-refractivity contribution in [2.45, 2.75) is 25.4 Å². The summed E-state index contributed by atoms with van der Waals surface area (Å²) in [4.78, 5) is 57.1. The van der Waals surface area contributed by atoms with Crippen molar-refractivity contribution >= 4 is 29.3 Å². The van der Waals surface area contributed by atoms with Crippen molar-refractivity contribution in [3.63, 3.8) is 0 Å². The summed E-state index contributed by atoms with van der Waals surface area (Å²) in [5, 5.41) is 2.26. The Bertz CT molecular complexity index is 997. The summed E-state index contributed by atoms with van der Waals surface area (Å²) in [6.45, 7) is 0.0871. The van der Waals surface area contributed by atoms with Crippen LogP contribution in [0.3, 0.4) is 0 Å². The van der Waals surface area contributed by atoms with Crippen LogP contribution in [0.1, 0.15) is 39.3 Å². The lowest BCUT2D eigenvalue weighted by Gasteiger charge is -2.31. The molecule has 1 aromatic heterocycles. The van der Waals surface area contributed by atoms with Gasteiger partial charge in [0, 0.05) is 30.4 Å². The summed E-state index contributed by atoms with van der Waals surface area (Å²) in [5.41, 5.74) is 1.61. The minimum Gasteiger partial charge on any atom is -0.322 e. The molecule has 0 bridgehead atoms. The topological polar surface area (TPSA) is 113 Å². The number of imide groups is 1. The van der Waals surface area contributed by atoms with Gasteiger partial charge in [0.25, 0.3) is 23.6 Å². The van der Waals surface area contributed by atoms with Crippen LogP contribution in [0.15, 0.2) is 36.8 Å². The first-order chi connectivity index (χ1) is 13.5. The fourth-order valence-corrected chi connectivity index (χ4v) is 3.32. The predicted octanol–water partition coefficient (Wildman–Crippen LogP) is 1.09. The second-order valence-corrected chi connectivity index (χ2v) is 6.42. The molecule has 0 radical (unpaired) electrons. The zero-order valence-electron chi connectivity index (χ0n) is 14.5. The van der Waals surface area contributed by atoms with Gasteiger partial charge in [0.1, 0.15) is 18.1 Å². The molecule has 1 saturated heterocycles. The summed E-state index contributed by atoms with van der Waals surface area (Å²) in [6.07, 6.45) is 2.64. The number of carbonyl (C=O) groups is 4. The number of rotatable bonds is 3. The smallest absolute Gasteiger partial charge is 0.280 e. The number of hydrogen-bond acceptors (Lipinski definition) is 6. The SMILES string of the molecule is O=C(Nc1ccc2c(c1)CN([C@H]1CCC(=O)N(F)C1=O)C2=O)c1ccncn1. The minimum absolute atomic E-state index is 0.0785. The molecule has 4 amide bonds. The van der Waals surface area contributed by atoms with Crippen molar-refractivity contribution in [1.29, 1.82) is 0 Å². The van der Waals surface area contributed by atoms with Crippen LogP contribution in [0.5, 0.6) is 0 Å². The number of benzene rings is 1. The van der Waals surface area contributed by atoms with Gasteiger partial charge < -0.3 is 10.2 Å². The highest BCUT2D eigenvalue weighted by atomic mass is 19.2. The van der Waals surface area contributed by atoms with Crippen LogP contribution < -0.4 is 5.32 Å². The fourth-order valence-electron chi connectivity index (χ4n) is 3.32. The third kappa shape index (κ3) is 2.98. The maximum atomic E-state index is 13.6. The molecule has 3 heterocycles. The normalized spacial score (nSPS) is 19.0. The molecular formula is C18H14FN5O4. The Kier molecular flexibility index (Phi) is 4.30. The van der Waals surface area contributed by atoms with Gasteiger partial charge in [-0.2, -0.15) is 0 Å². The third-order valence-corrected chi connectivity index (χ3v) is 4.72. The van der Waals surface area contributed by atoms with E-state index >= 15 is 0 Å². The molecule has 1 atom stereocenters. The Morgan fingerprint density at radius 3 is 2.79 bits per heavy atom. The van der Waals surface area contributed by atoms with E-state index in [9.17, 15) is 23.7 Å². The molecule has 9 nitrogen and oxygen atoms in total. The quantitative estimate of drug-likeness (QED) is 0.627. The highest BCUT2D eigenvalue weighted by molar-refractivity contribution is 6.06. The summed E-state index contributed by atoms with van der Waals surface area (Å²) >= 11 is 0. The molecule has 0 aliphatic carbocycles. The highest BCUT2D eigenvalue weighted by Gasteiger charge is 2.43. The van der Waals surface area contributed by atoms with Crippen LogP contribution in [-0.2, 0) is 16.1 Å². The van der Waals surface area contributed by atoms with Gasteiger partial charge in [-0.3, -0.25) is 19.2 Å². The van der Waals surface area contributed by atoms with Gasteiger partial charge in [0.05, 0.1) is 0 Å². The van der Waals surface area contributed by atoms with Crippen molar-refractivity contribution in [1.82, 2.24) is 20.0 Å². The number of fused-ring (bicyclic) bond motifs is 1. The number of hydrogen-bond donors (Lipinski definition) is 1. The monoisotopic (exact) mass is 383 g/mol. The molecule has 1 N–H and O–H groups in total. The molecule has 0 saturated carbocycles. The first-order valence-corrected chi connectivity index (χ1v) is 8.49. The lowest BCUT2D eigenvalue weighted by molar-refractivity contribution is -0.170. The van der Waals surface area contributed by atoms with E-state index in [4.69, 9.17) is 0 Å². The molecule has 2 aliphatic rings. The molecular weight excluding hydrogens is 369 g/mol. The molecule has 0 unspecified atom stereocenters. The average Bonchev–Trinajstić information content (AvgIpc) is 3.03. The Morgan fingerprint density at radius 1 is 1.21 bits per heavy atom. The molecule has 28 heavy (non-hydrogen) atoms. The van der Waals surface area contributed by atoms with E-state index in [1.54, 1.807) is 18.2 Å². The molecule has 4 rings (SSSR count). The van der Waals surface area contributed by atoms with Gasteiger partial charge >= 0.3 is 0 Å². The van der Waals surface area contributed by atoms with Crippen LogP contribution in [0.4, 0.5) is 10.2 Å². The molecule has 1 aromatic carbocycles. The second kappa shape index (κ2) is 6.80. The van der Waals surface area contributed by atoms with Gasteiger partial charge in [0.2, 0.25) is 0 Å². The van der Waals surface area contributed by atoms with Crippen molar-refractivity contribution in [3.05, 3.63) is 53.6 Å². The predicted molar refractivity (Wildman–Crippen MR) is 92.3 cm³/mol. The van der Waals surface area contributed by atoms with Crippen molar-refractivity contribution in [3.8, 4) is 0 Å². The number of carbonyl (C=O) groups excluding carboxylic acids is 4. The summed E-state index contributed by atoms with van der Waals surface area (Å²) in [5.74, 6) is -2.78. The second-order valence-electron chi connectivity index (χ2n) is 6.42. The van der Waals surface area contributed by atoms with E-state index in [0.29, 0.717) is 16.8 Å². The Labute approximate surface area is 158 Å². The lowest BCUT2D eigenvalue weighted by atomic mass is 10.0. The van der Waals surface area contributed by atoms with E-state index in [0.717, 1.165) is 0 Å². The van der Waals surface area contributed by atoms with Crippen LogP contribution in [-0.4, -0.2) is 49.7 Å². The Balaban J connectivity index is 1.52. The molecule has 2 aromatic rings. The number of nitrogens with one attached hydrogen (secondary N) is 1. The highest BCUT2D eigenvalue weighted by Crippen LogP contribution is 2.30. The van der Waals surface area contributed by atoms with Crippen molar-refractivity contribution < 1.29 is 23.7 Å². The Morgan fingerprint density at radius 2 is 2.04 bits per heavy atom. The maximum Gasteiger partial charge on any atom is 0.280 e. The zero-order valence-corrected chi connectivity index (χ0v) is 14.5. The number of aromatic nitrogens is 2. The first-order valence-electron chi connectivity index (χ1n) is 8.49. The number of nitrogens with zero attached hydrogens (tertiary/aromatic N) is 4. The van der Waals surface area contributed by atoms with Crippen LogP contribution in [0, 0.1) is 0 Å². The lowest BCUT2D eigenvalue weighted by Crippen LogP contribution is -2.51. The maximum absolute atomic E-state index is 13.6. The van der Waals surface area contributed by atoms with E-state index in [1.165, 1.54) is 23.5 Å². The summed E-state index contributed by atoms with van der Waals surface area (Å²) in [7, 11) is 0. The van der Waals surface area contributed by atoms with Crippen molar-refractivity contribution in [2.75, 3.05) is 5.32 Å². The number of piperidine rings is 1. The van der Waals surface area contributed by atoms with E-state index in [1.807, 2.05) is 0 Å². The number of halogens is 1. The van der Waals surface area contributed by atoms with Crippen LogP contribution in [0.2, 0.25) is 0 Å². The molecule has 142 valence electrons. The molecule has 10 heteroatoms. The summed E-state index contributed by atoms with van der Waals surface area (Å²) < 4.78 is 13.6. The van der Waals surface area contributed by atoms with Gasteiger partial charge in [-0.25, -0.2) is 9.97 Å². The first kappa shape index (κ1) is 17.7. The van der Waals surface area contributed by atoms with Crippen molar-refractivity contribution in [2.24, 2.45) is 0 Å². The molecule has 0 spiro atoms. The largest absolute Gasteiger partial charge is 0.322 e. The number of anilines is 1. The third-order valence-electron chi connectivity index (χ3n) is 4.72.